The minimum atomic E-state index is 0.979. The maximum atomic E-state index is 4.72. The van der Waals surface area contributed by atoms with Crippen LogP contribution < -0.4 is 0 Å². The molecule has 0 aliphatic carbocycles. The summed E-state index contributed by atoms with van der Waals surface area (Å²) >= 11 is 3.58. The smallest absolute Gasteiger partial charge is 0.148 e. The highest BCUT2D eigenvalue weighted by atomic mass is 32.1. The number of aromatic amines is 1. The third-order valence-electron chi connectivity index (χ3n) is 3.09. The maximum Gasteiger partial charge on any atom is 0.148 e. The molecular weight excluding hydrogens is 260 g/mol. The van der Waals surface area contributed by atoms with Gasteiger partial charge < -0.3 is 4.98 Å². The molecule has 0 spiro atoms. The molecule has 3 aromatic heterocycles. The van der Waals surface area contributed by atoms with Gasteiger partial charge in [-0.1, -0.05) is 12.1 Å². The second kappa shape index (κ2) is 3.67. The Bertz CT molecular complexity index is 822. The molecule has 0 amide bonds. The van der Waals surface area contributed by atoms with E-state index in [2.05, 4.69) is 47.6 Å². The van der Waals surface area contributed by atoms with Crippen LogP contribution >= 0.6 is 22.7 Å². The normalized spacial score (nSPS) is 11.6. The minimum Gasteiger partial charge on any atom is -0.337 e. The van der Waals surface area contributed by atoms with Crippen molar-refractivity contribution in [2.45, 2.75) is 6.92 Å². The summed E-state index contributed by atoms with van der Waals surface area (Å²) in [6.07, 6.45) is 0. The van der Waals surface area contributed by atoms with Crippen LogP contribution in [0.5, 0.6) is 0 Å². The van der Waals surface area contributed by atoms with Gasteiger partial charge in [-0.05, 0) is 36.1 Å². The Morgan fingerprint density at radius 3 is 2.94 bits per heavy atom. The fraction of sp³-hybridized carbons (Fsp3) is 0.0714. The zero-order valence-corrected chi connectivity index (χ0v) is 11.4. The summed E-state index contributed by atoms with van der Waals surface area (Å²) in [4.78, 5) is 9.34. The predicted molar refractivity (Wildman–Crippen MR) is 79.5 cm³/mol. The van der Waals surface area contributed by atoms with Crippen molar-refractivity contribution in [1.82, 2.24) is 9.97 Å². The third-order valence-corrected chi connectivity index (χ3v) is 5.19. The fourth-order valence-corrected chi connectivity index (χ4v) is 4.23. The molecule has 0 atom stereocenters. The standard InChI is InChI=1S/C14H10N2S2/c1-8-3-2-4-9-13(8)16-14(15-9)12-7-11-10(18-12)5-6-17-11/h2-7H,1H3,(H,15,16). The second-order valence-electron chi connectivity index (χ2n) is 4.32. The lowest BCUT2D eigenvalue weighted by atomic mass is 10.2. The van der Waals surface area contributed by atoms with E-state index in [1.54, 1.807) is 22.7 Å². The van der Waals surface area contributed by atoms with Gasteiger partial charge in [0.25, 0.3) is 0 Å². The van der Waals surface area contributed by atoms with Crippen LogP contribution in [0, 0.1) is 6.92 Å². The fourth-order valence-electron chi connectivity index (χ4n) is 2.17. The SMILES string of the molecule is Cc1cccc2[nH]c(-c3cc4sccc4s3)nc12. The lowest BCUT2D eigenvalue weighted by molar-refractivity contribution is 1.35. The Hall–Kier alpha value is -1.65. The van der Waals surface area contributed by atoms with E-state index in [-0.39, 0.29) is 0 Å². The van der Waals surface area contributed by atoms with Gasteiger partial charge in [-0.15, -0.1) is 22.7 Å². The molecule has 2 nitrogen and oxygen atoms in total. The van der Waals surface area contributed by atoms with E-state index in [1.165, 1.54) is 19.8 Å². The number of nitrogens with one attached hydrogen (secondary N) is 1. The average Bonchev–Trinajstić information content (AvgIpc) is 3.01. The number of hydrogen-bond acceptors (Lipinski definition) is 3. The number of aryl methyl sites for hydroxylation is 1. The molecule has 0 fully saturated rings. The van der Waals surface area contributed by atoms with Crippen LogP contribution in [-0.2, 0) is 0 Å². The average molecular weight is 270 g/mol. The zero-order valence-electron chi connectivity index (χ0n) is 9.73. The Morgan fingerprint density at radius 1 is 1.17 bits per heavy atom. The number of para-hydroxylation sites is 1. The van der Waals surface area contributed by atoms with Crippen molar-refractivity contribution in [3.63, 3.8) is 0 Å². The Morgan fingerprint density at radius 2 is 2.11 bits per heavy atom. The number of fused-ring (bicyclic) bond motifs is 2. The highest BCUT2D eigenvalue weighted by Crippen LogP contribution is 2.35. The van der Waals surface area contributed by atoms with E-state index in [9.17, 15) is 0 Å². The topological polar surface area (TPSA) is 28.7 Å². The Kier molecular flexibility index (Phi) is 2.10. The van der Waals surface area contributed by atoms with Gasteiger partial charge in [0.2, 0.25) is 0 Å². The summed E-state index contributed by atoms with van der Waals surface area (Å²) in [6, 6.07) is 10.6. The number of rotatable bonds is 1. The van der Waals surface area contributed by atoms with E-state index in [0.717, 1.165) is 16.9 Å². The van der Waals surface area contributed by atoms with Gasteiger partial charge in [-0.2, -0.15) is 0 Å². The number of hydrogen-bond donors (Lipinski definition) is 1. The van der Waals surface area contributed by atoms with Crippen LogP contribution in [0.3, 0.4) is 0 Å². The van der Waals surface area contributed by atoms with Crippen LogP contribution in [0.25, 0.3) is 31.1 Å². The summed E-state index contributed by atoms with van der Waals surface area (Å²) < 4.78 is 2.68. The predicted octanol–water partition coefficient (Wildman–Crippen LogP) is 4.81. The molecule has 0 saturated carbocycles. The first-order valence-electron chi connectivity index (χ1n) is 5.74. The summed E-state index contributed by atoms with van der Waals surface area (Å²) in [7, 11) is 0. The van der Waals surface area contributed by atoms with Crippen molar-refractivity contribution >= 4 is 43.1 Å². The molecule has 0 saturated heterocycles. The highest BCUT2D eigenvalue weighted by molar-refractivity contribution is 7.28. The maximum absolute atomic E-state index is 4.72. The number of benzene rings is 1. The van der Waals surface area contributed by atoms with Crippen molar-refractivity contribution in [2.75, 3.05) is 0 Å². The first-order chi connectivity index (χ1) is 8.81. The highest BCUT2D eigenvalue weighted by Gasteiger charge is 2.10. The van der Waals surface area contributed by atoms with Crippen molar-refractivity contribution < 1.29 is 0 Å². The first kappa shape index (κ1) is 10.3. The Labute approximate surface area is 112 Å². The molecule has 4 heteroatoms. The number of thiophene rings is 2. The summed E-state index contributed by atoms with van der Waals surface area (Å²) in [5, 5.41) is 2.13. The molecule has 0 aliphatic heterocycles. The first-order valence-corrected chi connectivity index (χ1v) is 7.43. The number of nitrogens with zero attached hydrogens (tertiary/aromatic N) is 1. The largest absolute Gasteiger partial charge is 0.337 e. The van der Waals surface area contributed by atoms with Gasteiger partial charge in [0.05, 0.1) is 15.9 Å². The molecule has 0 aliphatic rings. The molecule has 1 N–H and O–H groups in total. The summed E-state index contributed by atoms with van der Waals surface area (Å²) in [6.45, 7) is 2.10. The molecule has 4 rings (SSSR count). The summed E-state index contributed by atoms with van der Waals surface area (Å²) in [5.74, 6) is 0.979. The lowest BCUT2D eigenvalue weighted by Gasteiger charge is -1.90. The van der Waals surface area contributed by atoms with Crippen LogP contribution in [0.4, 0.5) is 0 Å². The van der Waals surface area contributed by atoms with Crippen LogP contribution in [0.2, 0.25) is 0 Å². The molecule has 3 heterocycles. The van der Waals surface area contributed by atoms with E-state index in [4.69, 9.17) is 4.98 Å². The van der Waals surface area contributed by atoms with Crippen molar-refractivity contribution in [2.24, 2.45) is 0 Å². The second-order valence-corrected chi connectivity index (χ2v) is 6.35. The van der Waals surface area contributed by atoms with Crippen LogP contribution in [-0.4, -0.2) is 9.97 Å². The van der Waals surface area contributed by atoms with Gasteiger partial charge >= 0.3 is 0 Å². The molecule has 0 radical (unpaired) electrons. The molecular formula is C14H10N2S2. The van der Waals surface area contributed by atoms with Gasteiger partial charge in [0.15, 0.2) is 0 Å². The van der Waals surface area contributed by atoms with Gasteiger partial charge in [0, 0.05) is 9.40 Å². The zero-order chi connectivity index (χ0) is 12.1. The van der Waals surface area contributed by atoms with E-state index in [1.807, 2.05) is 0 Å². The lowest BCUT2D eigenvalue weighted by Crippen LogP contribution is -1.74. The van der Waals surface area contributed by atoms with Gasteiger partial charge in [-0.3, -0.25) is 0 Å². The number of imidazole rings is 1. The molecule has 88 valence electrons. The third kappa shape index (κ3) is 1.43. The molecule has 1 aromatic carbocycles. The number of aromatic nitrogens is 2. The van der Waals surface area contributed by atoms with Gasteiger partial charge in [-0.25, -0.2) is 4.98 Å². The number of H-pyrrole nitrogens is 1. The van der Waals surface area contributed by atoms with Crippen molar-refractivity contribution in [3.8, 4) is 10.7 Å². The van der Waals surface area contributed by atoms with E-state index < -0.39 is 0 Å². The van der Waals surface area contributed by atoms with Crippen molar-refractivity contribution in [1.29, 1.82) is 0 Å². The Balaban J connectivity index is 1.96. The molecule has 18 heavy (non-hydrogen) atoms. The van der Waals surface area contributed by atoms with E-state index in [0.29, 0.717) is 0 Å². The van der Waals surface area contributed by atoms with Crippen LogP contribution in [0.15, 0.2) is 35.7 Å². The van der Waals surface area contributed by atoms with Crippen LogP contribution in [0.1, 0.15) is 5.56 Å². The monoisotopic (exact) mass is 270 g/mol. The summed E-state index contributed by atoms with van der Waals surface area (Å²) in [5.41, 5.74) is 3.40. The van der Waals surface area contributed by atoms with Gasteiger partial charge in [0.1, 0.15) is 5.82 Å². The molecule has 0 bridgehead atoms. The van der Waals surface area contributed by atoms with Crippen molar-refractivity contribution in [3.05, 3.63) is 41.3 Å². The molecule has 0 unspecified atom stereocenters. The minimum absolute atomic E-state index is 0.979. The molecule has 4 aromatic rings. The van der Waals surface area contributed by atoms with E-state index >= 15 is 0 Å². The quantitative estimate of drug-likeness (QED) is 0.528.